The lowest BCUT2D eigenvalue weighted by Crippen LogP contribution is -2.45. The lowest BCUT2D eigenvalue weighted by atomic mass is 10.0. The Labute approximate surface area is 186 Å². The number of hydrogen-bond donors (Lipinski definition) is 2. The molecule has 0 unspecified atom stereocenters. The molecule has 2 aromatic heterocycles. The summed E-state index contributed by atoms with van der Waals surface area (Å²) < 4.78 is 5.34. The van der Waals surface area contributed by atoms with Crippen LogP contribution >= 0.6 is 0 Å². The maximum atomic E-state index is 12.5. The normalized spacial score (nSPS) is 17.0. The van der Waals surface area contributed by atoms with Gasteiger partial charge in [-0.15, -0.1) is 0 Å². The molecular formula is C25H27N5O2. The molecule has 4 heterocycles. The highest BCUT2D eigenvalue weighted by Gasteiger charge is 2.20. The molecule has 0 aliphatic carbocycles. The minimum absolute atomic E-state index is 0.0468. The standard InChI is InChI=1S/C25H27N5O2/c1-16-21-14-18(5-7-23(21)32-28-16)30-11-9-29(10-12-30)15-17-4-6-19-22(13-17)27-25(31)20-3-2-8-26-24(19)20/h4-7,13-14,26H,2-3,8-12,15H2,1H3,(H,27,31). The van der Waals surface area contributed by atoms with Crippen molar-refractivity contribution in [1.82, 2.24) is 15.0 Å². The van der Waals surface area contributed by atoms with E-state index in [0.717, 1.165) is 90.9 Å². The molecule has 1 fully saturated rings. The molecule has 0 bridgehead atoms. The number of piperazine rings is 1. The summed E-state index contributed by atoms with van der Waals surface area (Å²) in [5.41, 5.74) is 7.13. The van der Waals surface area contributed by atoms with Crippen LogP contribution in [0.5, 0.6) is 0 Å². The number of benzene rings is 2. The minimum atomic E-state index is 0.0468. The molecule has 7 heteroatoms. The van der Waals surface area contributed by atoms with Gasteiger partial charge in [0.15, 0.2) is 5.58 Å². The summed E-state index contributed by atoms with van der Waals surface area (Å²) in [5.74, 6) is 0. The third kappa shape index (κ3) is 3.33. The first-order valence-electron chi connectivity index (χ1n) is 11.4. The predicted octanol–water partition coefficient (Wildman–Crippen LogP) is 3.66. The number of rotatable bonds is 3. The van der Waals surface area contributed by atoms with Gasteiger partial charge in [-0.2, -0.15) is 0 Å². The van der Waals surface area contributed by atoms with Crippen molar-refractivity contribution in [2.45, 2.75) is 26.3 Å². The molecule has 2 aliphatic heterocycles. The van der Waals surface area contributed by atoms with E-state index < -0.39 is 0 Å². The van der Waals surface area contributed by atoms with Gasteiger partial charge in [-0.3, -0.25) is 9.69 Å². The summed E-state index contributed by atoms with van der Waals surface area (Å²) in [6.45, 7) is 7.77. The molecule has 2 aromatic carbocycles. The maximum absolute atomic E-state index is 12.5. The van der Waals surface area contributed by atoms with Crippen LogP contribution < -0.4 is 15.8 Å². The molecule has 0 saturated carbocycles. The summed E-state index contributed by atoms with van der Waals surface area (Å²) in [4.78, 5) is 20.5. The van der Waals surface area contributed by atoms with Gasteiger partial charge < -0.3 is 19.7 Å². The fraction of sp³-hybridized carbons (Fsp3) is 0.360. The van der Waals surface area contributed by atoms with Crippen LogP contribution in [0, 0.1) is 6.92 Å². The summed E-state index contributed by atoms with van der Waals surface area (Å²) in [6.07, 6.45) is 1.86. The highest BCUT2D eigenvalue weighted by molar-refractivity contribution is 5.93. The largest absolute Gasteiger partial charge is 0.384 e. The Kier molecular flexibility index (Phi) is 4.64. The summed E-state index contributed by atoms with van der Waals surface area (Å²) in [6, 6.07) is 12.8. The van der Waals surface area contributed by atoms with Crippen molar-refractivity contribution in [2.75, 3.05) is 42.9 Å². The second-order valence-electron chi connectivity index (χ2n) is 8.93. The number of nitrogens with zero attached hydrogens (tertiary/aromatic N) is 3. The Morgan fingerprint density at radius 2 is 1.94 bits per heavy atom. The van der Waals surface area contributed by atoms with E-state index >= 15 is 0 Å². The third-order valence-corrected chi connectivity index (χ3v) is 6.86. The van der Waals surface area contributed by atoms with Gasteiger partial charge in [0.1, 0.15) is 0 Å². The molecule has 0 amide bonds. The van der Waals surface area contributed by atoms with E-state index in [1.807, 2.05) is 13.0 Å². The minimum Gasteiger partial charge on any atom is -0.384 e. The van der Waals surface area contributed by atoms with Crippen LogP contribution in [0.1, 0.15) is 23.2 Å². The highest BCUT2D eigenvalue weighted by atomic mass is 16.5. The number of fused-ring (bicyclic) bond motifs is 4. The first-order chi connectivity index (χ1) is 15.7. The molecule has 4 aromatic rings. The van der Waals surface area contributed by atoms with Gasteiger partial charge in [0.05, 0.1) is 16.9 Å². The van der Waals surface area contributed by atoms with Crippen molar-refractivity contribution in [3.8, 4) is 0 Å². The maximum Gasteiger partial charge on any atom is 0.253 e. The quantitative estimate of drug-likeness (QED) is 0.518. The number of H-pyrrole nitrogens is 1. The summed E-state index contributed by atoms with van der Waals surface area (Å²) in [7, 11) is 0. The van der Waals surface area contributed by atoms with Crippen LogP contribution in [0.15, 0.2) is 45.7 Å². The lowest BCUT2D eigenvalue weighted by Gasteiger charge is -2.36. The third-order valence-electron chi connectivity index (χ3n) is 6.86. The molecule has 0 spiro atoms. The summed E-state index contributed by atoms with van der Waals surface area (Å²) >= 11 is 0. The number of aromatic nitrogens is 2. The zero-order valence-electron chi connectivity index (χ0n) is 18.3. The SMILES string of the molecule is Cc1noc2ccc(N3CCN(Cc4ccc5c6c(c(=O)[nH]c5c4)CCCN6)CC3)cc12. The van der Waals surface area contributed by atoms with Gasteiger partial charge in [0.2, 0.25) is 0 Å². The monoisotopic (exact) mass is 429 g/mol. The van der Waals surface area contributed by atoms with Gasteiger partial charge in [-0.05, 0) is 49.6 Å². The van der Waals surface area contributed by atoms with E-state index in [1.165, 1.54) is 11.3 Å². The highest BCUT2D eigenvalue weighted by Crippen LogP contribution is 2.29. The molecular weight excluding hydrogens is 402 g/mol. The van der Waals surface area contributed by atoms with Crippen molar-refractivity contribution in [2.24, 2.45) is 0 Å². The van der Waals surface area contributed by atoms with Crippen LogP contribution in [0.3, 0.4) is 0 Å². The zero-order chi connectivity index (χ0) is 21.7. The van der Waals surface area contributed by atoms with Crippen LogP contribution in [0.4, 0.5) is 11.4 Å². The number of hydrogen-bond acceptors (Lipinski definition) is 6. The molecule has 2 aliphatic rings. The number of anilines is 2. The van der Waals surface area contributed by atoms with Crippen molar-refractivity contribution in [3.63, 3.8) is 0 Å². The second kappa shape index (κ2) is 7.67. The molecule has 0 radical (unpaired) electrons. The predicted molar refractivity (Wildman–Crippen MR) is 128 cm³/mol. The van der Waals surface area contributed by atoms with Crippen molar-refractivity contribution in [3.05, 3.63) is 63.6 Å². The van der Waals surface area contributed by atoms with Crippen molar-refractivity contribution >= 4 is 33.2 Å². The van der Waals surface area contributed by atoms with Crippen LogP contribution in [0.2, 0.25) is 0 Å². The Morgan fingerprint density at radius 1 is 1.06 bits per heavy atom. The van der Waals surface area contributed by atoms with Gasteiger partial charge in [-0.25, -0.2) is 0 Å². The molecule has 2 N–H and O–H groups in total. The summed E-state index contributed by atoms with van der Waals surface area (Å²) in [5, 5.41) is 9.71. The van der Waals surface area contributed by atoms with Crippen LogP contribution in [-0.4, -0.2) is 47.8 Å². The lowest BCUT2D eigenvalue weighted by molar-refractivity contribution is 0.250. The smallest absolute Gasteiger partial charge is 0.253 e. The first-order valence-corrected chi connectivity index (χ1v) is 11.4. The van der Waals surface area contributed by atoms with Gasteiger partial charge in [-0.1, -0.05) is 17.3 Å². The van der Waals surface area contributed by atoms with E-state index in [9.17, 15) is 4.79 Å². The molecule has 6 rings (SSSR count). The second-order valence-corrected chi connectivity index (χ2v) is 8.93. The fourth-order valence-electron chi connectivity index (χ4n) is 5.07. The van der Waals surface area contributed by atoms with Crippen molar-refractivity contribution < 1.29 is 4.52 Å². The average molecular weight is 430 g/mol. The topological polar surface area (TPSA) is 77.4 Å². The Hall–Kier alpha value is -3.32. The van der Waals surface area contributed by atoms with Crippen molar-refractivity contribution in [1.29, 1.82) is 0 Å². The van der Waals surface area contributed by atoms with E-state index in [0.29, 0.717) is 0 Å². The number of aryl methyl sites for hydroxylation is 1. The molecule has 0 atom stereocenters. The van der Waals surface area contributed by atoms with Crippen LogP contribution in [-0.2, 0) is 13.0 Å². The number of nitrogens with one attached hydrogen (secondary N) is 2. The molecule has 7 nitrogen and oxygen atoms in total. The number of pyridine rings is 1. The van der Waals surface area contributed by atoms with Crippen LogP contribution in [0.25, 0.3) is 21.9 Å². The van der Waals surface area contributed by atoms with Gasteiger partial charge >= 0.3 is 0 Å². The van der Waals surface area contributed by atoms with E-state index in [2.05, 4.69) is 55.6 Å². The molecule has 1 saturated heterocycles. The Morgan fingerprint density at radius 3 is 2.81 bits per heavy atom. The molecule has 164 valence electrons. The average Bonchev–Trinajstić information content (AvgIpc) is 3.20. The Balaban J connectivity index is 1.17. The van der Waals surface area contributed by atoms with Gasteiger partial charge in [0.25, 0.3) is 5.56 Å². The first kappa shape index (κ1) is 19.4. The van der Waals surface area contributed by atoms with E-state index in [1.54, 1.807) is 0 Å². The van der Waals surface area contributed by atoms with E-state index in [-0.39, 0.29) is 5.56 Å². The van der Waals surface area contributed by atoms with E-state index in [4.69, 9.17) is 4.52 Å². The van der Waals surface area contributed by atoms with Gasteiger partial charge in [0, 0.05) is 61.3 Å². The number of aromatic amines is 1. The molecule has 32 heavy (non-hydrogen) atoms. The Bertz CT molecular complexity index is 1360. The fourth-order valence-corrected chi connectivity index (χ4v) is 5.07. The zero-order valence-corrected chi connectivity index (χ0v) is 18.3.